The Morgan fingerprint density at radius 2 is 1.63 bits per heavy atom. The van der Waals surface area contributed by atoms with Crippen LogP contribution < -0.4 is 15.4 Å². The van der Waals surface area contributed by atoms with E-state index >= 15 is 0 Å². The van der Waals surface area contributed by atoms with Gasteiger partial charge in [-0.25, -0.2) is 9.78 Å². The van der Waals surface area contributed by atoms with E-state index in [1.54, 1.807) is 7.11 Å². The number of rotatable bonds is 7. The molecule has 0 spiro atoms. The fraction of sp³-hybridized carbons (Fsp3) is 0.167. The molecule has 152 valence electrons. The highest BCUT2D eigenvalue weighted by Crippen LogP contribution is 2.15. The zero-order chi connectivity index (χ0) is 20.8. The minimum atomic E-state index is -0.202. The van der Waals surface area contributed by atoms with Crippen LogP contribution in [0, 0.1) is 0 Å². The largest absolute Gasteiger partial charge is 0.497 e. The molecule has 2 N–H and O–H groups in total. The topological polar surface area (TPSA) is 68.2 Å². The van der Waals surface area contributed by atoms with Crippen LogP contribution in [-0.4, -0.2) is 22.7 Å². The summed E-state index contributed by atoms with van der Waals surface area (Å²) in [5.74, 6) is 0.776. The number of hydrogen-bond donors (Lipinski definition) is 2. The molecule has 0 aliphatic heterocycles. The number of methoxy groups -OCH3 is 1. The number of urea groups is 1. The fourth-order valence-corrected chi connectivity index (χ4v) is 3.31. The molecule has 0 atom stereocenters. The summed E-state index contributed by atoms with van der Waals surface area (Å²) in [7, 11) is 1.63. The molecule has 6 heteroatoms. The van der Waals surface area contributed by atoms with Gasteiger partial charge in [0.2, 0.25) is 0 Å². The number of benzene rings is 3. The molecule has 6 nitrogen and oxygen atoms in total. The molecule has 0 saturated carbocycles. The van der Waals surface area contributed by atoms with Crippen LogP contribution in [0.25, 0.3) is 11.0 Å². The van der Waals surface area contributed by atoms with Crippen LogP contribution in [0.1, 0.15) is 16.7 Å². The Morgan fingerprint density at radius 1 is 0.900 bits per heavy atom. The Labute approximate surface area is 175 Å². The molecular formula is C24H24N4O2. The van der Waals surface area contributed by atoms with Crippen molar-refractivity contribution in [2.75, 3.05) is 7.11 Å². The maximum atomic E-state index is 12.1. The Balaban J connectivity index is 1.27. The van der Waals surface area contributed by atoms with Crippen LogP contribution in [0.2, 0.25) is 0 Å². The number of amides is 2. The number of para-hydroxylation sites is 2. The van der Waals surface area contributed by atoms with E-state index in [1.165, 1.54) is 5.56 Å². The summed E-state index contributed by atoms with van der Waals surface area (Å²) in [5, 5.41) is 5.75. The highest BCUT2D eigenvalue weighted by atomic mass is 16.5. The second kappa shape index (κ2) is 9.13. The first kappa shape index (κ1) is 19.5. The zero-order valence-electron chi connectivity index (χ0n) is 16.8. The first-order valence-electron chi connectivity index (χ1n) is 9.83. The van der Waals surface area contributed by atoms with Crippen molar-refractivity contribution >= 4 is 17.1 Å². The molecule has 0 unspecified atom stereocenters. The number of carbonyl (C=O) groups is 1. The van der Waals surface area contributed by atoms with E-state index in [0.717, 1.165) is 34.5 Å². The highest BCUT2D eigenvalue weighted by molar-refractivity contribution is 5.75. The Hall–Kier alpha value is -3.80. The van der Waals surface area contributed by atoms with Gasteiger partial charge in [0.05, 0.1) is 24.5 Å². The van der Waals surface area contributed by atoms with Gasteiger partial charge in [-0.1, -0.05) is 48.5 Å². The number of nitrogens with zero attached hydrogens (tertiary/aromatic N) is 2. The molecule has 4 rings (SSSR count). The van der Waals surface area contributed by atoms with Gasteiger partial charge in [0.25, 0.3) is 0 Å². The van der Waals surface area contributed by atoms with Crippen LogP contribution >= 0.6 is 0 Å². The lowest BCUT2D eigenvalue weighted by Gasteiger charge is -2.10. The monoisotopic (exact) mass is 400 g/mol. The van der Waals surface area contributed by atoms with Crippen molar-refractivity contribution in [1.82, 2.24) is 20.2 Å². The molecule has 0 saturated heterocycles. The summed E-state index contributed by atoms with van der Waals surface area (Å²) < 4.78 is 7.33. The summed E-state index contributed by atoms with van der Waals surface area (Å²) in [6.07, 6.45) is 1.87. The molecule has 0 fully saturated rings. The summed E-state index contributed by atoms with van der Waals surface area (Å²) in [5.41, 5.74) is 5.34. The first-order chi connectivity index (χ1) is 14.7. The van der Waals surface area contributed by atoms with Crippen molar-refractivity contribution in [1.29, 1.82) is 0 Å². The maximum Gasteiger partial charge on any atom is 0.315 e. The first-order valence-corrected chi connectivity index (χ1v) is 9.83. The van der Waals surface area contributed by atoms with E-state index in [2.05, 4.69) is 38.4 Å². The van der Waals surface area contributed by atoms with Gasteiger partial charge in [0, 0.05) is 19.6 Å². The fourth-order valence-electron chi connectivity index (χ4n) is 3.31. The predicted molar refractivity (Wildman–Crippen MR) is 117 cm³/mol. The molecule has 3 aromatic carbocycles. The Morgan fingerprint density at radius 3 is 2.43 bits per heavy atom. The third-order valence-corrected chi connectivity index (χ3v) is 4.94. The minimum absolute atomic E-state index is 0.202. The average molecular weight is 400 g/mol. The molecule has 0 radical (unpaired) electrons. The average Bonchev–Trinajstić information content (AvgIpc) is 3.20. The molecule has 1 heterocycles. The molecular weight excluding hydrogens is 376 g/mol. The van der Waals surface area contributed by atoms with Crippen molar-refractivity contribution in [3.05, 3.63) is 95.8 Å². The van der Waals surface area contributed by atoms with Gasteiger partial charge < -0.3 is 19.9 Å². The molecule has 4 aromatic rings. The van der Waals surface area contributed by atoms with E-state index in [1.807, 2.05) is 60.9 Å². The van der Waals surface area contributed by atoms with Gasteiger partial charge in [-0.2, -0.15) is 0 Å². The van der Waals surface area contributed by atoms with E-state index in [0.29, 0.717) is 13.1 Å². The Bertz CT molecular complexity index is 1140. The van der Waals surface area contributed by atoms with Crippen LogP contribution in [0.5, 0.6) is 5.75 Å². The van der Waals surface area contributed by atoms with Crippen molar-refractivity contribution < 1.29 is 9.53 Å². The summed E-state index contributed by atoms with van der Waals surface area (Å²) >= 11 is 0. The normalized spacial score (nSPS) is 10.7. The van der Waals surface area contributed by atoms with Gasteiger partial charge in [0.15, 0.2) is 0 Å². The lowest BCUT2D eigenvalue weighted by atomic mass is 10.1. The third-order valence-electron chi connectivity index (χ3n) is 4.94. The van der Waals surface area contributed by atoms with Crippen LogP contribution in [0.15, 0.2) is 79.1 Å². The number of imidazole rings is 1. The molecule has 2 amide bonds. The zero-order valence-corrected chi connectivity index (χ0v) is 16.8. The van der Waals surface area contributed by atoms with Crippen molar-refractivity contribution in [3.63, 3.8) is 0 Å². The Kier molecular flexibility index (Phi) is 5.94. The molecule has 1 aromatic heterocycles. The highest BCUT2D eigenvalue weighted by Gasteiger charge is 2.04. The van der Waals surface area contributed by atoms with Gasteiger partial charge in [-0.05, 0) is 41.0 Å². The van der Waals surface area contributed by atoms with Gasteiger partial charge >= 0.3 is 6.03 Å². The number of hydrogen-bond acceptors (Lipinski definition) is 3. The number of nitrogens with one attached hydrogen (secondary N) is 2. The van der Waals surface area contributed by atoms with Gasteiger partial charge in [0.1, 0.15) is 5.75 Å². The van der Waals surface area contributed by atoms with Gasteiger partial charge in [-0.3, -0.25) is 0 Å². The van der Waals surface area contributed by atoms with Crippen LogP contribution in [-0.2, 0) is 19.6 Å². The van der Waals surface area contributed by atoms with Crippen molar-refractivity contribution in [2.45, 2.75) is 19.6 Å². The smallest absolute Gasteiger partial charge is 0.315 e. The molecule has 0 aliphatic rings. The lowest BCUT2D eigenvalue weighted by molar-refractivity contribution is 0.240. The quantitative estimate of drug-likeness (QED) is 0.491. The summed E-state index contributed by atoms with van der Waals surface area (Å²) in [4.78, 5) is 16.5. The maximum absolute atomic E-state index is 12.1. The van der Waals surface area contributed by atoms with Crippen LogP contribution in [0.3, 0.4) is 0 Å². The number of ether oxygens (including phenoxy) is 1. The minimum Gasteiger partial charge on any atom is -0.497 e. The van der Waals surface area contributed by atoms with Crippen molar-refractivity contribution in [2.24, 2.45) is 0 Å². The summed E-state index contributed by atoms with van der Waals surface area (Å²) in [6.45, 7) is 1.67. The third kappa shape index (κ3) is 4.78. The number of aromatic nitrogens is 2. The van der Waals surface area contributed by atoms with E-state index < -0.39 is 0 Å². The molecule has 0 bridgehead atoms. The molecule has 30 heavy (non-hydrogen) atoms. The summed E-state index contributed by atoms with van der Waals surface area (Å²) in [6, 6.07) is 23.8. The second-order valence-corrected chi connectivity index (χ2v) is 7.07. The van der Waals surface area contributed by atoms with E-state index in [4.69, 9.17) is 4.74 Å². The van der Waals surface area contributed by atoms with Crippen molar-refractivity contribution in [3.8, 4) is 5.75 Å². The van der Waals surface area contributed by atoms with Crippen LogP contribution in [0.4, 0.5) is 4.79 Å². The van der Waals surface area contributed by atoms with Gasteiger partial charge in [-0.15, -0.1) is 0 Å². The molecule has 0 aliphatic carbocycles. The SMILES string of the molecule is COc1cccc(CNC(=O)NCc2ccc(Cn3cnc4ccccc43)cc2)c1. The number of carbonyl (C=O) groups excluding carboxylic acids is 1. The lowest BCUT2D eigenvalue weighted by Crippen LogP contribution is -2.34. The number of fused-ring (bicyclic) bond motifs is 1. The van der Waals surface area contributed by atoms with E-state index in [-0.39, 0.29) is 6.03 Å². The predicted octanol–water partition coefficient (Wildman–Crippen LogP) is 4.09. The van der Waals surface area contributed by atoms with E-state index in [9.17, 15) is 4.79 Å². The standard InChI is InChI=1S/C24H24N4O2/c1-30-21-6-4-5-20(13-21)15-26-24(29)25-14-18-9-11-19(12-10-18)16-28-17-27-22-7-2-3-8-23(22)28/h2-13,17H,14-16H2,1H3,(H2,25,26,29). The second-order valence-electron chi connectivity index (χ2n) is 7.07.